The van der Waals surface area contributed by atoms with Gasteiger partial charge in [-0.25, -0.2) is 0 Å². The first-order valence-corrected chi connectivity index (χ1v) is 6.92. The maximum Gasteiger partial charge on any atom is 0.176 e. The fourth-order valence-electron chi connectivity index (χ4n) is 2.54. The molecule has 2 rings (SSSR count). The molecular formula is C13H23N5. The number of aryl methyl sites for hydroxylation is 1. The second-order valence-corrected chi connectivity index (χ2v) is 4.97. The number of hydrogen-bond donors (Lipinski definition) is 1. The highest BCUT2D eigenvalue weighted by Crippen LogP contribution is 2.22. The highest BCUT2D eigenvalue weighted by Gasteiger charge is 2.15. The first-order valence-electron chi connectivity index (χ1n) is 6.92. The largest absolute Gasteiger partial charge is 0.313 e. The summed E-state index contributed by atoms with van der Waals surface area (Å²) in [5, 5.41) is 15.8. The number of rotatable bonds is 6. The van der Waals surface area contributed by atoms with E-state index >= 15 is 0 Å². The molecule has 0 spiro atoms. The molecule has 0 aliphatic heterocycles. The Labute approximate surface area is 109 Å². The van der Waals surface area contributed by atoms with Crippen LogP contribution in [0.3, 0.4) is 0 Å². The summed E-state index contributed by atoms with van der Waals surface area (Å²) in [6.07, 6.45) is 9.59. The molecule has 5 heteroatoms. The van der Waals surface area contributed by atoms with E-state index in [9.17, 15) is 0 Å². The minimum atomic E-state index is 0.434. The van der Waals surface area contributed by atoms with Gasteiger partial charge in [-0.15, -0.1) is 10.2 Å². The quantitative estimate of drug-likeness (QED) is 0.778. The van der Waals surface area contributed by atoms with Crippen molar-refractivity contribution in [3.05, 3.63) is 17.5 Å². The van der Waals surface area contributed by atoms with Crippen molar-refractivity contribution in [1.29, 1.82) is 0 Å². The van der Waals surface area contributed by atoms with Crippen LogP contribution in [0, 0.1) is 0 Å². The molecule has 1 aliphatic carbocycles. The normalized spacial score (nSPS) is 17.6. The summed E-state index contributed by atoms with van der Waals surface area (Å²) >= 11 is 0. The van der Waals surface area contributed by atoms with Gasteiger partial charge in [0.1, 0.15) is 0 Å². The van der Waals surface area contributed by atoms with Gasteiger partial charge in [-0.1, -0.05) is 18.6 Å². The third kappa shape index (κ3) is 3.91. The molecule has 1 heterocycles. The fourth-order valence-corrected chi connectivity index (χ4v) is 2.54. The number of nitrogens with zero attached hydrogens (tertiary/aromatic N) is 4. The highest BCUT2D eigenvalue weighted by molar-refractivity contribution is 5.08. The van der Waals surface area contributed by atoms with Crippen LogP contribution in [0.2, 0.25) is 0 Å². The zero-order valence-corrected chi connectivity index (χ0v) is 11.4. The average Bonchev–Trinajstić information content (AvgIpc) is 2.76. The van der Waals surface area contributed by atoms with Gasteiger partial charge in [-0.2, -0.15) is 4.80 Å². The zero-order valence-electron chi connectivity index (χ0n) is 11.4. The summed E-state index contributed by atoms with van der Waals surface area (Å²) in [6.45, 7) is 3.13. The highest BCUT2D eigenvalue weighted by atomic mass is 15.6. The average molecular weight is 249 g/mol. The summed E-state index contributed by atoms with van der Waals surface area (Å²) < 4.78 is 0. The third-order valence-corrected chi connectivity index (χ3v) is 3.37. The van der Waals surface area contributed by atoms with E-state index in [2.05, 4.69) is 33.7 Å². The van der Waals surface area contributed by atoms with Gasteiger partial charge in [-0.3, -0.25) is 0 Å². The van der Waals surface area contributed by atoms with Crippen molar-refractivity contribution in [3.8, 4) is 0 Å². The SMILES string of the molecule is CCNC(CC1=CCCCC1)Cc1nnn(C)n1. The molecule has 18 heavy (non-hydrogen) atoms. The molecule has 1 unspecified atom stereocenters. The first-order chi connectivity index (χ1) is 8.78. The van der Waals surface area contributed by atoms with Gasteiger partial charge >= 0.3 is 0 Å². The number of hydrogen-bond acceptors (Lipinski definition) is 4. The molecule has 1 N–H and O–H groups in total. The molecule has 0 saturated carbocycles. The summed E-state index contributed by atoms with van der Waals surface area (Å²) in [5.74, 6) is 0.833. The predicted octanol–water partition coefficient (Wildman–Crippen LogP) is 1.62. The Bertz CT molecular complexity index is 396. The van der Waals surface area contributed by atoms with Gasteiger partial charge in [0, 0.05) is 12.5 Å². The molecular weight excluding hydrogens is 226 g/mol. The Kier molecular flexibility index (Phi) is 4.87. The van der Waals surface area contributed by atoms with E-state index < -0.39 is 0 Å². The van der Waals surface area contributed by atoms with Gasteiger partial charge < -0.3 is 5.32 Å². The van der Waals surface area contributed by atoms with Crippen LogP contribution >= 0.6 is 0 Å². The van der Waals surface area contributed by atoms with E-state index in [0.717, 1.165) is 25.2 Å². The lowest BCUT2D eigenvalue weighted by molar-refractivity contribution is 0.494. The minimum absolute atomic E-state index is 0.434. The molecule has 0 bridgehead atoms. The van der Waals surface area contributed by atoms with Gasteiger partial charge in [0.15, 0.2) is 5.82 Å². The Morgan fingerprint density at radius 3 is 2.89 bits per heavy atom. The van der Waals surface area contributed by atoms with Crippen molar-refractivity contribution in [1.82, 2.24) is 25.5 Å². The smallest absolute Gasteiger partial charge is 0.176 e. The van der Waals surface area contributed by atoms with Gasteiger partial charge in [0.25, 0.3) is 0 Å². The van der Waals surface area contributed by atoms with Crippen LogP contribution < -0.4 is 5.32 Å². The van der Waals surface area contributed by atoms with Crippen LogP contribution in [-0.4, -0.2) is 32.8 Å². The van der Waals surface area contributed by atoms with Crippen LogP contribution in [0.1, 0.15) is 44.9 Å². The van der Waals surface area contributed by atoms with Gasteiger partial charge in [0.05, 0.1) is 7.05 Å². The summed E-state index contributed by atoms with van der Waals surface area (Å²) in [7, 11) is 1.81. The number of likely N-dealkylation sites (N-methyl/N-ethyl adjacent to an activating group) is 1. The summed E-state index contributed by atoms with van der Waals surface area (Å²) in [5.41, 5.74) is 1.59. The van der Waals surface area contributed by atoms with Crippen molar-refractivity contribution >= 4 is 0 Å². The van der Waals surface area contributed by atoms with Gasteiger partial charge in [0.2, 0.25) is 0 Å². The van der Waals surface area contributed by atoms with Crippen LogP contribution in [-0.2, 0) is 13.5 Å². The molecule has 1 aromatic heterocycles. The fraction of sp³-hybridized carbons (Fsp3) is 0.769. The van der Waals surface area contributed by atoms with Crippen molar-refractivity contribution < 1.29 is 0 Å². The lowest BCUT2D eigenvalue weighted by Crippen LogP contribution is -2.32. The first kappa shape index (κ1) is 13.2. The van der Waals surface area contributed by atoms with Crippen LogP contribution in [0.4, 0.5) is 0 Å². The summed E-state index contributed by atoms with van der Waals surface area (Å²) in [4.78, 5) is 1.53. The van der Waals surface area contributed by atoms with E-state index in [4.69, 9.17) is 0 Å². The number of tetrazole rings is 1. The Balaban J connectivity index is 1.92. The number of nitrogens with one attached hydrogen (secondary N) is 1. The topological polar surface area (TPSA) is 55.6 Å². The van der Waals surface area contributed by atoms with Gasteiger partial charge in [-0.05, 0) is 43.9 Å². The third-order valence-electron chi connectivity index (χ3n) is 3.37. The molecule has 0 amide bonds. The molecule has 0 saturated heterocycles. The zero-order chi connectivity index (χ0) is 12.8. The Morgan fingerprint density at radius 2 is 2.28 bits per heavy atom. The lowest BCUT2D eigenvalue weighted by atomic mass is 9.93. The van der Waals surface area contributed by atoms with E-state index in [0.29, 0.717) is 6.04 Å². The van der Waals surface area contributed by atoms with Crippen LogP contribution in [0.5, 0.6) is 0 Å². The Morgan fingerprint density at radius 1 is 1.39 bits per heavy atom. The molecule has 0 radical (unpaired) electrons. The van der Waals surface area contributed by atoms with Crippen molar-refractivity contribution in [2.75, 3.05) is 6.54 Å². The molecule has 0 fully saturated rings. The lowest BCUT2D eigenvalue weighted by Gasteiger charge is -2.20. The Hall–Kier alpha value is -1.23. The van der Waals surface area contributed by atoms with E-state index in [1.165, 1.54) is 30.5 Å². The van der Waals surface area contributed by atoms with Crippen LogP contribution in [0.15, 0.2) is 11.6 Å². The minimum Gasteiger partial charge on any atom is -0.313 e. The molecule has 100 valence electrons. The molecule has 5 nitrogen and oxygen atoms in total. The maximum absolute atomic E-state index is 4.26. The van der Waals surface area contributed by atoms with E-state index in [1.807, 2.05) is 7.05 Å². The summed E-state index contributed by atoms with van der Waals surface area (Å²) in [6, 6.07) is 0.434. The molecule has 1 aromatic rings. The monoisotopic (exact) mass is 249 g/mol. The van der Waals surface area contributed by atoms with E-state index in [-0.39, 0.29) is 0 Å². The second kappa shape index (κ2) is 6.64. The van der Waals surface area contributed by atoms with Crippen molar-refractivity contribution in [3.63, 3.8) is 0 Å². The standard InChI is InChI=1S/C13H23N5/c1-3-14-12(9-11-7-5-4-6-8-11)10-13-15-17-18(2)16-13/h7,12,14H,3-6,8-10H2,1-2H3. The number of allylic oxidation sites excluding steroid dienone is 1. The molecule has 1 atom stereocenters. The maximum atomic E-state index is 4.26. The molecule has 0 aromatic carbocycles. The second-order valence-electron chi connectivity index (χ2n) is 4.97. The van der Waals surface area contributed by atoms with Crippen molar-refractivity contribution in [2.45, 2.75) is 51.5 Å². The van der Waals surface area contributed by atoms with Crippen LogP contribution in [0.25, 0.3) is 0 Å². The molecule has 1 aliphatic rings. The van der Waals surface area contributed by atoms with Crippen molar-refractivity contribution in [2.24, 2.45) is 7.05 Å². The number of aromatic nitrogens is 4. The van der Waals surface area contributed by atoms with E-state index in [1.54, 1.807) is 5.57 Å². The predicted molar refractivity (Wildman–Crippen MR) is 71.1 cm³/mol.